The predicted molar refractivity (Wildman–Crippen MR) is 107 cm³/mol. The van der Waals surface area contributed by atoms with Crippen LogP contribution in [0.3, 0.4) is 0 Å². The van der Waals surface area contributed by atoms with Crippen molar-refractivity contribution in [2.24, 2.45) is 0 Å². The maximum absolute atomic E-state index is 12.4. The summed E-state index contributed by atoms with van der Waals surface area (Å²) in [6, 6.07) is 7.47. The Labute approximate surface area is 165 Å². The average molecular weight is 408 g/mol. The Morgan fingerprint density at radius 1 is 1.35 bits per heavy atom. The molecule has 1 aromatic carbocycles. The monoisotopic (exact) mass is 407 g/mol. The summed E-state index contributed by atoms with van der Waals surface area (Å²) in [6.45, 7) is 6.46. The molecule has 0 fully saturated rings. The molecule has 0 bridgehead atoms. The van der Waals surface area contributed by atoms with E-state index < -0.39 is 0 Å². The number of hydrogen-bond acceptors (Lipinski definition) is 6. The number of carbonyl (C=O) groups is 1. The molecule has 0 aliphatic rings. The molecular weight excluding hydrogens is 390 g/mol. The fraction of sp³-hybridized carbons (Fsp3) is 0.294. The van der Waals surface area contributed by atoms with Gasteiger partial charge in [-0.1, -0.05) is 23.4 Å². The van der Waals surface area contributed by atoms with Crippen LogP contribution in [-0.2, 0) is 11.3 Å². The molecule has 2 aromatic heterocycles. The van der Waals surface area contributed by atoms with Crippen molar-refractivity contribution in [2.75, 3.05) is 5.32 Å². The SMILES string of the molecule is CCn1c(SC(C)C(=O)Nc2nc(C)cs2)nnc1-c1ccc(Cl)cc1. The van der Waals surface area contributed by atoms with E-state index in [1.165, 1.54) is 23.1 Å². The van der Waals surface area contributed by atoms with Crippen LogP contribution in [0.2, 0.25) is 5.02 Å². The van der Waals surface area contributed by atoms with Crippen molar-refractivity contribution < 1.29 is 4.79 Å². The van der Waals surface area contributed by atoms with Crippen LogP contribution in [0.25, 0.3) is 11.4 Å². The van der Waals surface area contributed by atoms with E-state index in [-0.39, 0.29) is 11.2 Å². The van der Waals surface area contributed by atoms with Crippen molar-refractivity contribution in [3.8, 4) is 11.4 Å². The molecule has 0 aliphatic heterocycles. The molecule has 136 valence electrons. The summed E-state index contributed by atoms with van der Waals surface area (Å²) < 4.78 is 1.99. The largest absolute Gasteiger partial charge is 0.302 e. The molecule has 1 N–H and O–H groups in total. The predicted octanol–water partition coefficient (Wildman–Crippen LogP) is 4.50. The van der Waals surface area contributed by atoms with E-state index >= 15 is 0 Å². The van der Waals surface area contributed by atoms with Crippen LogP contribution >= 0.6 is 34.7 Å². The summed E-state index contributed by atoms with van der Waals surface area (Å²) in [5, 5.41) is 15.0. The van der Waals surface area contributed by atoms with Gasteiger partial charge in [0, 0.05) is 22.5 Å². The van der Waals surface area contributed by atoms with Crippen LogP contribution in [0.5, 0.6) is 0 Å². The number of halogens is 1. The third kappa shape index (κ3) is 4.25. The van der Waals surface area contributed by atoms with Gasteiger partial charge in [0.1, 0.15) is 0 Å². The van der Waals surface area contributed by atoms with E-state index in [0.717, 1.165) is 17.1 Å². The zero-order chi connectivity index (χ0) is 18.7. The van der Waals surface area contributed by atoms with Crippen molar-refractivity contribution in [2.45, 2.75) is 37.7 Å². The summed E-state index contributed by atoms with van der Waals surface area (Å²) in [5.74, 6) is 0.651. The highest BCUT2D eigenvalue weighted by Gasteiger charge is 2.21. The molecule has 3 aromatic rings. The molecule has 0 saturated carbocycles. The lowest BCUT2D eigenvalue weighted by Gasteiger charge is -2.11. The highest BCUT2D eigenvalue weighted by molar-refractivity contribution is 8.00. The van der Waals surface area contributed by atoms with Gasteiger partial charge in [0.05, 0.1) is 10.9 Å². The number of amides is 1. The molecule has 0 aliphatic carbocycles. The van der Waals surface area contributed by atoms with Gasteiger partial charge in [0.15, 0.2) is 16.1 Å². The summed E-state index contributed by atoms with van der Waals surface area (Å²) >= 11 is 8.75. The number of anilines is 1. The molecule has 3 rings (SSSR count). The molecule has 1 unspecified atom stereocenters. The highest BCUT2D eigenvalue weighted by atomic mass is 35.5. The van der Waals surface area contributed by atoms with Gasteiger partial charge in [-0.05, 0) is 45.0 Å². The third-order valence-corrected chi connectivity index (χ3v) is 5.84. The quantitative estimate of drug-likeness (QED) is 0.609. The molecule has 1 amide bonds. The van der Waals surface area contributed by atoms with Crippen LogP contribution < -0.4 is 5.32 Å². The fourth-order valence-corrected chi connectivity index (χ4v) is 4.03. The van der Waals surface area contributed by atoms with E-state index in [0.29, 0.717) is 21.9 Å². The lowest BCUT2D eigenvalue weighted by atomic mass is 10.2. The Hall–Kier alpha value is -1.90. The van der Waals surface area contributed by atoms with Crippen molar-refractivity contribution in [1.29, 1.82) is 0 Å². The van der Waals surface area contributed by atoms with Gasteiger partial charge in [-0.25, -0.2) is 4.98 Å². The van der Waals surface area contributed by atoms with Crippen LogP contribution in [0.1, 0.15) is 19.5 Å². The minimum atomic E-state index is -0.327. The normalized spacial score (nSPS) is 12.2. The molecule has 9 heteroatoms. The van der Waals surface area contributed by atoms with Crippen molar-refractivity contribution in [1.82, 2.24) is 19.7 Å². The van der Waals surface area contributed by atoms with Crippen molar-refractivity contribution >= 4 is 45.7 Å². The Balaban J connectivity index is 1.75. The molecule has 26 heavy (non-hydrogen) atoms. The number of aryl methyl sites for hydroxylation is 1. The first-order chi connectivity index (χ1) is 12.5. The van der Waals surface area contributed by atoms with Crippen molar-refractivity contribution in [3.63, 3.8) is 0 Å². The fourth-order valence-electron chi connectivity index (χ4n) is 2.30. The van der Waals surface area contributed by atoms with E-state index in [1.54, 1.807) is 0 Å². The second-order valence-electron chi connectivity index (χ2n) is 5.60. The van der Waals surface area contributed by atoms with Crippen LogP contribution in [0.15, 0.2) is 34.8 Å². The zero-order valence-electron chi connectivity index (χ0n) is 14.6. The van der Waals surface area contributed by atoms with Crippen LogP contribution in [0.4, 0.5) is 5.13 Å². The Bertz CT molecular complexity index is 906. The molecule has 0 spiro atoms. The standard InChI is InChI=1S/C17H18ClN5OS2/c1-4-23-14(12-5-7-13(18)8-6-12)21-22-17(23)26-11(3)15(24)20-16-19-10(2)9-25-16/h5-9,11H,4H2,1-3H3,(H,19,20,24). The lowest BCUT2D eigenvalue weighted by molar-refractivity contribution is -0.115. The molecule has 6 nitrogen and oxygen atoms in total. The Morgan fingerprint density at radius 3 is 2.69 bits per heavy atom. The summed E-state index contributed by atoms with van der Waals surface area (Å²) in [6.07, 6.45) is 0. The third-order valence-electron chi connectivity index (χ3n) is 3.64. The first kappa shape index (κ1) is 18.9. The second-order valence-corrected chi connectivity index (χ2v) is 8.20. The number of rotatable bonds is 6. The van der Waals surface area contributed by atoms with Crippen LogP contribution in [-0.4, -0.2) is 30.9 Å². The molecule has 2 heterocycles. The molecule has 1 atom stereocenters. The van der Waals surface area contributed by atoms with Gasteiger partial charge in [-0.15, -0.1) is 21.5 Å². The average Bonchev–Trinajstić information content (AvgIpc) is 3.21. The molecule has 0 radical (unpaired) electrons. The van der Waals surface area contributed by atoms with E-state index in [4.69, 9.17) is 11.6 Å². The number of hydrogen-bond donors (Lipinski definition) is 1. The number of thioether (sulfide) groups is 1. The molecular formula is C17H18ClN5OS2. The van der Waals surface area contributed by atoms with Gasteiger partial charge in [-0.2, -0.15) is 0 Å². The van der Waals surface area contributed by atoms with Gasteiger partial charge in [0.25, 0.3) is 0 Å². The van der Waals surface area contributed by atoms with E-state index in [9.17, 15) is 4.79 Å². The summed E-state index contributed by atoms with van der Waals surface area (Å²) in [5.41, 5.74) is 1.83. The second kappa shape index (κ2) is 8.20. The Kier molecular flexibility index (Phi) is 5.95. The maximum Gasteiger partial charge on any atom is 0.239 e. The van der Waals surface area contributed by atoms with Crippen LogP contribution in [0, 0.1) is 6.92 Å². The zero-order valence-corrected chi connectivity index (χ0v) is 17.0. The number of benzene rings is 1. The number of thiazole rings is 1. The first-order valence-electron chi connectivity index (χ1n) is 8.06. The van der Waals surface area contributed by atoms with Crippen molar-refractivity contribution in [3.05, 3.63) is 40.4 Å². The van der Waals surface area contributed by atoms with Gasteiger partial charge < -0.3 is 9.88 Å². The van der Waals surface area contributed by atoms with Gasteiger partial charge in [0.2, 0.25) is 5.91 Å². The van der Waals surface area contributed by atoms with Gasteiger partial charge in [-0.3, -0.25) is 4.79 Å². The Morgan fingerprint density at radius 2 is 2.08 bits per heavy atom. The summed E-state index contributed by atoms with van der Waals surface area (Å²) in [7, 11) is 0. The van der Waals surface area contributed by atoms with E-state index in [2.05, 4.69) is 20.5 Å². The minimum absolute atomic E-state index is 0.108. The smallest absolute Gasteiger partial charge is 0.239 e. The summed E-state index contributed by atoms with van der Waals surface area (Å²) in [4.78, 5) is 16.7. The maximum atomic E-state index is 12.4. The molecule has 0 saturated heterocycles. The number of nitrogens with one attached hydrogen (secondary N) is 1. The van der Waals surface area contributed by atoms with Gasteiger partial charge >= 0.3 is 0 Å². The topological polar surface area (TPSA) is 72.7 Å². The number of aromatic nitrogens is 4. The highest BCUT2D eigenvalue weighted by Crippen LogP contribution is 2.28. The minimum Gasteiger partial charge on any atom is -0.302 e. The number of carbonyl (C=O) groups excluding carboxylic acids is 1. The first-order valence-corrected chi connectivity index (χ1v) is 10.2. The van der Waals surface area contributed by atoms with E-state index in [1.807, 2.05) is 55.0 Å². The lowest BCUT2D eigenvalue weighted by Crippen LogP contribution is -2.22. The number of nitrogens with zero attached hydrogens (tertiary/aromatic N) is 4.